The van der Waals surface area contributed by atoms with Gasteiger partial charge in [0.15, 0.2) is 0 Å². The largest absolute Gasteiger partial charge is 0.391 e. The van der Waals surface area contributed by atoms with Crippen molar-refractivity contribution in [3.8, 4) is 6.01 Å². The van der Waals surface area contributed by atoms with Gasteiger partial charge >= 0.3 is 12.0 Å². The first-order valence-corrected chi connectivity index (χ1v) is 4.28. The Hall–Kier alpha value is -0.870. The van der Waals surface area contributed by atoms with Crippen LogP contribution in [0.15, 0.2) is 6.07 Å². The summed E-state index contributed by atoms with van der Waals surface area (Å²) in [4.78, 5) is 18.1. The molecule has 4 nitrogen and oxygen atoms in total. The SMILES string of the molecule is CCC(=O)Oc1nc(Cl)cc(Cl)n1. The van der Waals surface area contributed by atoms with E-state index in [1.807, 2.05) is 0 Å². The molecule has 0 N–H and O–H groups in total. The Labute approximate surface area is 84.8 Å². The molecule has 0 aliphatic rings. The van der Waals surface area contributed by atoms with Crippen molar-refractivity contribution in [1.29, 1.82) is 0 Å². The summed E-state index contributed by atoms with van der Waals surface area (Å²) in [5, 5.41) is 0.276. The zero-order valence-electron chi connectivity index (χ0n) is 6.75. The number of hydrogen-bond acceptors (Lipinski definition) is 4. The number of aromatic nitrogens is 2. The van der Waals surface area contributed by atoms with Crippen molar-refractivity contribution in [1.82, 2.24) is 9.97 Å². The Bertz CT molecular complexity index is 310. The highest BCUT2D eigenvalue weighted by molar-refractivity contribution is 6.33. The van der Waals surface area contributed by atoms with Gasteiger partial charge in [-0.25, -0.2) is 0 Å². The Morgan fingerprint density at radius 3 is 2.46 bits per heavy atom. The predicted molar refractivity (Wildman–Crippen MR) is 48.0 cm³/mol. The van der Waals surface area contributed by atoms with Crippen molar-refractivity contribution in [2.24, 2.45) is 0 Å². The van der Waals surface area contributed by atoms with E-state index < -0.39 is 5.97 Å². The van der Waals surface area contributed by atoms with Crippen LogP contribution < -0.4 is 4.74 Å². The number of hydrogen-bond donors (Lipinski definition) is 0. The molecule has 0 saturated carbocycles. The van der Waals surface area contributed by atoms with Gasteiger partial charge in [-0.05, 0) is 0 Å². The van der Waals surface area contributed by atoms with E-state index in [2.05, 4.69) is 9.97 Å². The fourth-order valence-corrected chi connectivity index (χ4v) is 0.997. The molecule has 1 aromatic heterocycles. The van der Waals surface area contributed by atoms with Crippen LogP contribution in [0.3, 0.4) is 0 Å². The van der Waals surface area contributed by atoms with E-state index in [4.69, 9.17) is 27.9 Å². The molecule has 1 rings (SSSR count). The van der Waals surface area contributed by atoms with Gasteiger partial charge in [0, 0.05) is 12.5 Å². The molecule has 0 fully saturated rings. The van der Waals surface area contributed by atoms with Gasteiger partial charge in [0.05, 0.1) is 0 Å². The van der Waals surface area contributed by atoms with Gasteiger partial charge in [0.25, 0.3) is 0 Å². The van der Waals surface area contributed by atoms with Crippen molar-refractivity contribution >= 4 is 29.2 Å². The molecule has 70 valence electrons. The van der Waals surface area contributed by atoms with Gasteiger partial charge in [-0.3, -0.25) is 4.79 Å². The summed E-state index contributed by atoms with van der Waals surface area (Å²) in [6.45, 7) is 1.66. The van der Waals surface area contributed by atoms with Crippen molar-refractivity contribution in [2.75, 3.05) is 0 Å². The molecular formula is C7H6Cl2N2O2. The second-order valence-electron chi connectivity index (χ2n) is 2.12. The molecule has 6 heteroatoms. The molecule has 0 bridgehead atoms. The highest BCUT2D eigenvalue weighted by Crippen LogP contribution is 2.15. The Kier molecular flexibility index (Phi) is 3.45. The fraction of sp³-hybridized carbons (Fsp3) is 0.286. The van der Waals surface area contributed by atoms with Crippen LogP contribution in [0.4, 0.5) is 0 Å². The Morgan fingerprint density at radius 1 is 1.46 bits per heavy atom. The average molecular weight is 221 g/mol. The second-order valence-corrected chi connectivity index (χ2v) is 2.90. The molecule has 0 spiro atoms. The molecule has 0 saturated heterocycles. The summed E-state index contributed by atoms with van der Waals surface area (Å²) in [6.07, 6.45) is 0.244. The van der Waals surface area contributed by atoms with Crippen LogP contribution in [0, 0.1) is 0 Å². The average Bonchev–Trinajstić information content (AvgIpc) is 2.02. The summed E-state index contributed by atoms with van der Waals surface area (Å²) in [5.41, 5.74) is 0. The first-order chi connectivity index (χ1) is 6.11. The quantitative estimate of drug-likeness (QED) is 0.566. The zero-order chi connectivity index (χ0) is 9.84. The third-order valence-corrected chi connectivity index (χ3v) is 1.52. The summed E-state index contributed by atoms with van der Waals surface area (Å²) in [6, 6.07) is 1.23. The summed E-state index contributed by atoms with van der Waals surface area (Å²) in [7, 11) is 0. The first-order valence-electron chi connectivity index (χ1n) is 3.52. The van der Waals surface area contributed by atoms with Crippen LogP contribution in [0.2, 0.25) is 10.3 Å². The summed E-state index contributed by atoms with van der Waals surface area (Å²) >= 11 is 11.1. The standard InChI is InChI=1S/C7H6Cl2N2O2/c1-2-6(12)13-7-10-4(8)3-5(9)11-7/h3H,2H2,1H3. The Balaban J connectivity index is 2.83. The van der Waals surface area contributed by atoms with Crippen LogP contribution in [0.5, 0.6) is 6.01 Å². The highest BCUT2D eigenvalue weighted by atomic mass is 35.5. The second kappa shape index (κ2) is 4.39. The lowest BCUT2D eigenvalue weighted by Crippen LogP contribution is -2.08. The van der Waals surface area contributed by atoms with E-state index in [1.54, 1.807) is 6.92 Å². The maximum Gasteiger partial charge on any atom is 0.327 e. The van der Waals surface area contributed by atoms with E-state index in [0.717, 1.165) is 0 Å². The first kappa shape index (κ1) is 10.2. The van der Waals surface area contributed by atoms with Crippen LogP contribution in [-0.4, -0.2) is 15.9 Å². The smallest absolute Gasteiger partial charge is 0.327 e. The van der Waals surface area contributed by atoms with E-state index in [-0.39, 0.29) is 22.7 Å². The number of ether oxygens (including phenoxy) is 1. The lowest BCUT2D eigenvalue weighted by molar-refractivity contribution is -0.134. The lowest BCUT2D eigenvalue weighted by atomic mass is 10.5. The molecule has 1 heterocycles. The molecule has 0 radical (unpaired) electrons. The topological polar surface area (TPSA) is 52.1 Å². The highest BCUT2D eigenvalue weighted by Gasteiger charge is 2.06. The molecule has 0 atom stereocenters. The molecular weight excluding hydrogens is 215 g/mol. The molecule has 0 unspecified atom stereocenters. The third-order valence-electron chi connectivity index (χ3n) is 1.14. The van der Waals surface area contributed by atoms with Crippen LogP contribution >= 0.6 is 23.2 Å². The Morgan fingerprint density at radius 2 is 2.00 bits per heavy atom. The minimum atomic E-state index is -0.432. The van der Waals surface area contributed by atoms with Gasteiger partial charge in [-0.15, -0.1) is 0 Å². The summed E-state index contributed by atoms with van der Waals surface area (Å²) < 4.78 is 4.70. The monoisotopic (exact) mass is 220 g/mol. The van der Waals surface area contributed by atoms with Crippen LogP contribution in [-0.2, 0) is 4.79 Å². The molecule has 1 aromatic rings. The normalized spacial score (nSPS) is 9.77. The van der Waals surface area contributed by atoms with E-state index in [0.29, 0.717) is 0 Å². The van der Waals surface area contributed by atoms with E-state index in [9.17, 15) is 4.79 Å². The zero-order valence-corrected chi connectivity index (χ0v) is 8.26. The predicted octanol–water partition coefficient (Wildman–Crippen LogP) is 2.10. The number of halogens is 2. The van der Waals surface area contributed by atoms with E-state index >= 15 is 0 Å². The number of esters is 1. The summed E-state index contributed by atoms with van der Waals surface area (Å²) in [5.74, 6) is -0.432. The molecule has 0 amide bonds. The fourth-order valence-electron chi connectivity index (χ4n) is 0.590. The molecule has 0 aliphatic heterocycles. The van der Waals surface area contributed by atoms with Crippen LogP contribution in [0.25, 0.3) is 0 Å². The maximum atomic E-state index is 10.8. The van der Waals surface area contributed by atoms with E-state index in [1.165, 1.54) is 6.07 Å². The van der Waals surface area contributed by atoms with Gasteiger partial charge in [-0.1, -0.05) is 30.1 Å². The molecule has 0 aliphatic carbocycles. The van der Waals surface area contributed by atoms with Crippen LogP contribution in [0.1, 0.15) is 13.3 Å². The minimum Gasteiger partial charge on any atom is -0.391 e. The van der Waals surface area contributed by atoms with Gasteiger partial charge in [0.1, 0.15) is 10.3 Å². The number of rotatable bonds is 2. The van der Waals surface area contributed by atoms with Gasteiger partial charge < -0.3 is 4.74 Å². The lowest BCUT2D eigenvalue weighted by Gasteiger charge is -2.00. The molecule has 13 heavy (non-hydrogen) atoms. The molecule has 0 aromatic carbocycles. The number of nitrogens with zero attached hydrogens (tertiary/aromatic N) is 2. The number of carbonyl (C=O) groups is 1. The van der Waals surface area contributed by atoms with Crippen molar-refractivity contribution in [2.45, 2.75) is 13.3 Å². The number of carbonyl (C=O) groups excluding carboxylic acids is 1. The van der Waals surface area contributed by atoms with Gasteiger partial charge in [0.2, 0.25) is 0 Å². The maximum absolute atomic E-state index is 10.8. The van der Waals surface area contributed by atoms with Crippen molar-refractivity contribution in [3.63, 3.8) is 0 Å². The minimum absolute atomic E-state index is 0.121. The van der Waals surface area contributed by atoms with Gasteiger partial charge in [-0.2, -0.15) is 9.97 Å². The third kappa shape index (κ3) is 3.16. The van der Waals surface area contributed by atoms with Crippen molar-refractivity contribution in [3.05, 3.63) is 16.4 Å². The van der Waals surface area contributed by atoms with Crippen molar-refractivity contribution < 1.29 is 9.53 Å².